The van der Waals surface area contributed by atoms with E-state index in [1.807, 2.05) is 0 Å². The number of hydrogen-bond acceptors (Lipinski definition) is 9. The molecule has 0 aliphatic heterocycles. The van der Waals surface area contributed by atoms with Crippen LogP contribution in [0.2, 0.25) is 5.02 Å². The summed E-state index contributed by atoms with van der Waals surface area (Å²) in [7, 11) is 4.34. The van der Waals surface area contributed by atoms with Gasteiger partial charge in [-0.2, -0.15) is 0 Å². The van der Waals surface area contributed by atoms with Crippen molar-refractivity contribution in [3.8, 4) is 17.2 Å². The first kappa shape index (κ1) is 28.1. The standard InChI is InChI=1S/C26H21ClN4O8S/c1-37-18-10-14(11-19(38-2)22(18)39-3)24(32)28-15-6-4-13(5-7-15)25(33)29-30-26(34)23-21(27)17-9-8-16(31(35)36)12-20(17)40-23/h4-12H,1-3H3,(H,28,32)(H,29,33)(H,30,34). The maximum absolute atomic E-state index is 12.8. The number of amides is 3. The van der Waals surface area contributed by atoms with Crippen LogP contribution in [0.5, 0.6) is 17.2 Å². The fourth-order valence-electron chi connectivity index (χ4n) is 3.68. The van der Waals surface area contributed by atoms with Gasteiger partial charge in [-0.1, -0.05) is 11.6 Å². The number of non-ortho nitro benzene ring substituents is 1. The molecule has 3 aromatic carbocycles. The SMILES string of the molecule is COc1cc(C(=O)Nc2ccc(C(=O)NNC(=O)c3sc4cc([N+](=O)[O-])ccc4c3Cl)cc2)cc(OC)c1OC. The molecule has 40 heavy (non-hydrogen) atoms. The topological polar surface area (TPSA) is 158 Å². The molecule has 4 aromatic rings. The third kappa shape index (κ3) is 5.75. The Morgan fingerprint density at radius 2 is 1.45 bits per heavy atom. The summed E-state index contributed by atoms with van der Waals surface area (Å²) in [6, 6.07) is 13.0. The van der Waals surface area contributed by atoms with Gasteiger partial charge < -0.3 is 19.5 Å². The van der Waals surface area contributed by atoms with E-state index in [2.05, 4.69) is 16.2 Å². The molecule has 0 radical (unpaired) electrons. The van der Waals surface area contributed by atoms with Crippen LogP contribution >= 0.6 is 22.9 Å². The first-order valence-corrected chi connectivity index (χ1v) is 12.5. The number of nitro groups is 1. The van der Waals surface area contributed by atoms with Gasteiger partial charge >= 0.3 is 0 Å². The number of nitrogens with zero attached hydrogens (tertiary/aromatic N) is 1. The number of methoxy groups -OCH3 is 3. The highest BCUT2D eigenvalue weighted by Gasteiger charge is 2.20. The molecule has 12 nitrogen and oxygen atoms in total. The Kier molecular flexibility index (Phi) is 8.36. The number of benzene rings is 3. The molecule has 0 bridgehead atoms. The number of anilines is 1. The predicted molar refractivity (Wildman–Crippen MR) is 149 cm³/mol. The number of hydrazine groups is 1. The lowest BCUT2D eigenvalue weighted by molar-refractivity contribution is -0.384. The molecule has 0 saturated carbocycles. The van der Waals surface area contributed by atoms with E-state index in [-0.39, 0.29) is 26.7 Å². The molecule has 0 aliphatic carbocycles. The van der Waals surface area contributed by atoms with Gasteiger partial charge in [-0.15, -0.1) is 11.3 Å². The van der Waals surface area contributed by atoms with Gasteiger partial charge in [0.25, 0.3) is 23.4 Å². The van der Waals surface area contributed by atoms with Crippen molar-refractivity contribution in [3.63, 3.8) is 0 Å². The van der Waals surface area contributed by atoms with Crippen molar-refractivity contribution >= 4 is 62.1 Å². The monoisotopic (exact) mass is 584 g/mol. The quantitative estimate of drug-likeness (QED) is 0.196. The summed E-state index contributed by atoms with van der Waals surface area (Å²) in [5.74, 6) is -0.768. The van der Waals surface area contributed by atoms with Crippen LogP contribution < -0.4 is 30.4 Å². The minimum atomic E-state index is -0.684. The van der Waals surface area contributed by atoms with E-state index < -0.39 is 22.6 Å². The number of nitrogens with one attached hydrogen (secondary N) is 3. The van der Waals surface area contributed by atoms with Gasteiger partial charge in [0.2, 0.25) is 5.75 Å². The van der Waals surface area contributed by atoms with E-state index in [4.69, 9.17) is 25.8 Å². The molecule has 0 aliphatic rings. The lowest BCUT2D eigenvalue weighted by Crippen LogP contribution is -2.41. The zero-order valence-electron chi connectivity index (χ0n) is 21.2. The molecule has 1 heterocycles. The van der Waals surface area contributed by atoms with Crippen molar-refractivity contribution in [2.45, 2.75) is 0 Å². The first-order chi connectivity index (χ1) is 19.2. The number of nitro benzene ring substituents is 1. The summed E-state index contributed by atoms with van der Waals surface area (Å²) < 4.78 is 16.3. The van der Waals surface area contributed by atoms with Crippen LogP contribution in [-0.2, 0) is 0 Å². The Labute approximate surface area is 235 Å². The maximum atomic E-state index is 12.8. The molecule has 0 unspecified atom stereocenters. The molecule has 14 heteroatoms. The average Bonchev–Trinajstić information content (AvgIpc) is 3.30. The third-order valence-electron chi connectivity index (χ3n) is 5.65. The average molecular weight is 585 g/mol. The number of halogens is 1. The van der Waals surface area contributed by atoms with Gasteiger partial charge in [-0.25, -0.2) is 0 Å². The number of carbonyl (C=O) groups is 3. The van der Waals surface area contributed by atoms with Gasteiger partial charge in [0.1, 0.15) is 4.88 Å². The molecule has 3 N–H and O–H groups in total. The van der Waals surface area contributed by atoms with E-state index in [0.29, 0.717) is 33.0 Å². The largest absolute Gasteiger partial charge is 0.493 e. The Hall–Kier alpha value is -4.88. The maximum Gasteiger partial charge on any atom is 0.281 e. The summed E-state index contributed by atoms with van der Waals surface area (Å²) in [6.45, 7) is 0. The normalized spacial score (nSPS) is 10.5. The van der Waals surface area contributed by atoms with Gasteiger partial charge in [-0.05, 0) is 42.5 Å². The van der Waals surface area contributed by atoms with Crippen LogP contribution in [0.15, 0.2) is 54.6 Å². The minimum absolute atomic E-state index is 0.0855. The zero-order valence-corrected chi connectivity index (χ0v) is 22.8. The van der Waals surface area contributed by atoms with Crippen molar-refractivity contribution in [1.29, 1.82) is 0 Å². The summed E-state index contributed by atoms with van der Waals surface area (Å²) in [5, 5.41) is 14.3. The van der Waals surface area contributed by atoms with Crippen LogP contribution in [0, 0.1) is 10.1 Å². The van der Waals surface area contributed by atoms with Gasteiger partial charge in [0.05, 0.1) is 31.3 Å². The second-order valence-electron chi connectivity index (χ2n) is 8.04. The Morgan fingerprint density at radius 1 is 0.825 bits per heavy atom. The summed E-state index contributed by atoms with van der Waals surface area (Å²) >= 11 is 7.24. The zero-order chi connectivity index (χ0) is 29.0. The Bertz CT molecular complexity index is 1610. The minimum Gasteiger partial charge on any atom is -0.493 e. The van der Waals surface area contributed by atoms with Crippen LogP contribution in [0.1, 0.15) is 30.4 Å². The molecule has 0 spiro atoms. The number of ether oxygens (including phenoxy) is 3. The van der Waals surface area contributed by atoms with Gasteiger partial charge in [0.15, 0.2) is 11.5 Å². The summed E-state index contributed by atoms with van der Waals surface area (Å²) in [4.78, 5) is 48.5. The van der Waals surface area contributed by atoms with Crippen molar-refractivity contribution in [3.05, 3.63) is 85.7 Å². The number of carbonyl (C=O) groups excluding carboxylic acids is 3. The molecule has 4 rings (SSSR count). The van der Waals surface area contributed by atoms with Crippen LogP contribution in [-0.4, -0.2) is 44.0 Å². The van der Waals surface area contributed by atoms with Crippen LogP contribution in [0.25, 0.3) is 10.1 Å². The highest BCUT2D eigenvalue weighted by atomic mass is 35.5. The molecular formula is C26H21ClN4O8S. The highest BCUT2D eigenvalue weighted by molar-refractivity contribution is 7.21. The molecular weight excluding hydrogens is 564 g/mol. The third-order valence-corrected chi connectivity index (χ3v) is 7.31. The number of fused-ring (bicyclic) bond motifs is 1. The van der Waals surface area contributed by atoms with E-state index in [9.17, 15) is 24.5 Å². The van der Waals surface area contributed by atoms with E-state index in [1.165, 1.54) is 75.9 Å². The van der Waals surface area contributed by atoms with Crippen molar-refractivity contribution in [2.75, 3.05) is 26.6 Å². The predicted octanol–water partition coefficient (Wildman–Crippen LogP) is 4.82. The van der Waals surface area contributed by atoms with Crippen molar-refractivity contribution in [1.82, 2.24) is 10.9 Å². The van der Waals surface area contributed by atoms with Gasteiger partial charge in [0, 0.05) is 39.0 Å². The van der Waals surface area contributed by atoms with E-state index >= 15 is 0 Å². The van der Waals surface area contributed by atoms with Crippen molar-refractivity contribution < 1.29 is 33.5 Å². The second-order valence-corrected chi connectivity index (χ2v) is 9.47. The molecule has 0 saturated heterocycles. The second kappa shape index (κ2) is 11.9. The Morgan fingerprint density at radius 3 is 2.02 bits per heavy atom. The number of thiophene rings is 1. The number of rotatable bonds is 8. The van der Waals surface area contributed by atoms with Crippen LogP contribution in [0.3, 0.4) is 0 Å². The smallest absolute Gasteiger partial charge is 0.281 e. The van der Waals surface area contributed by atoms with E-state index in [0.717, 1.165) is 11.3 Å². The number of hydrogen-bond donors (Lipinski definition) is 3. The fraction of sp³-hybridized carbons (Fsp3) is 0.115. The molecule has 0 fully saturated rings. The molecule has 3 amide bonds. The lowest BCUT2D eigenvalue weighted by Gasteiger charge is -2.14. The summed E-state index contributed by atoms with van der Waals surface area (Å²) in [5.41, 5.74) is 5.31. The van der Waals surface area contributed by atoms with Crippen molar-refractivity contribution in [2.24, 2.45) is 0 Å². The Balaban J connectivity index is 1.40. The van der Waals surface area contributed by atoms with E-state index in [1.54, 1.807) is 0 Å². The fourth-order valence-corrected chi connectivity index (χ4v) is 5.12. The molecule has 0 atom stereocenters. The first-order valence-electron chi connectivity index (χ1n) is 11.3. The highest BCUT2D eigenvalue weighted by Crippen LogP contribution is 2.39. The molecule has 1 aromatic heterocycles. The molecule has 206 valence electrons. The van der Waals surface area contributed by atoms with Gasteiger partial charge in [-0.3, -0.25) is 35.3 Å². The summed E-state index contributed by atoms with van der Waals surface area (Å²) in [6.07, 6.45) is 0. The lowest BCUT2D eigenvalue weighted by atomic mass is 10.1. The van der Waals surface area contributed by atoms with Crippen LogP contribution in [0.4, 0.5) is 11.4 Å².